The second-order valence-electron chi connectivity index (χ2n) is 3.73. The first kappa shape index (κ1) is 14.8. The lowest BCUT2D eigenvalue weighted by molar-refractivity contribution is -0.145. The van der Waals surface area contributed by atoms with Crippen LogP contribution in [0.1, 0.15) is 19.3 Å². The van der Waals surface area contributed by atoms with Crippen LogP contribution in [0, 0.1) is 0 Å². The van der Waals surface area contributed by atoms with Crippen molar-refractivity contribution in [1.29, 1.82) is 0 Å². The molecule has 0 saturated carbocycles. The van der Waals surface area contributed by atoms with Crippen LogP contribution in [0.4, 0.5) is 0 Å². The van der Waals surface area contributed by atoms with Crippen LogP contribution in [0.15, 0.2) is 0 Å². The van der Waals surface area contributed by atoms with Crippen molar-refractivity contribution in [2.24, 2.45) is 11.5 Å². The molecule has 16 heavy (non-hydrogen) atoms. The number of ether oxygens (including phenoxy) is 1. The largest absolute Gasteiger partial charge is 0.480 e. The lowest BCUT2D eigenvalue weighted by Crippen LogP contribution is -2.52. The summed E-state index contributed by atoms with van der Waals surface area (Å²) in [7, 11) is 1.35. The van der Waals surface area contributed by atoms with E-state index >= 15 is 0 Å². The van der Waals surface area contributed by atoms with Crippen molar-refractivity contribution in [3.63, 3.8) is 0 Å². The minimum Gasteiger partial charge on any atom is -0.480 e. The van der Waals surface area contributed by atoms with E-state index in [1.807, 2.05) is 0 Å². The number of methoxy groups -OCH3 is 1. The van der Waals surface area contributed by atoms with E-state index in [2.05, 4.69) is 0 Å². The third kappa shape index (κ3) is 4.56. The van der Waals surface area contributed by atoms with Gasteiger partial charge >= 0.3 is 11.9 Å². The lowest BCUT2D eigenvalue weighted by Gasteiger charge is -2.23. The smallest absolute Gasteiger partial charge is 0.326 e. The highest BCUT2D eigenvalue weighted by atomic mass is 16.5. The average molecular weight is 234 g/mol. The topological polar surface area (TPSA) is 136 Å². The van der Waals surface area contributed by atoms with Gasteiger partial charge in [-0.25, -0.2) is 0 Å². The van der Waals surface area contributed by atoms with Gasteiger partial charge in [-0.05, 0) is 19.3 Å². The Morgan fingerprint density at radius 3 is 2.38 bits per heavy atom. The summed E-state index contributed by atoms with van der Waals surface area (Å²) in [5, 5.41) is 17.4. The molecule has 7 nitrogen and oxygen atoms in total. The summed E-state index contributed by atoms with van der Waals surface area (Å²) in [6.45, 7) is -0.120. The van der Waals surface area contributed by atoms with Gasteiger partial charge in [0.15, 0.2) is 0 Å². The molecule has 94 valence electrons. The molecule has 0 unspecified atom stereocenters. The second-order valence-corrected chi connectivity index (χ2v) is 3.73. The Kier molecular flexibility index (Phi) is 5.94. The average Bonchev–Trinajstić information content (AvgIpc) is 2.17. The van der Waals surface area contributed by atoms with Gasteiger partial charge in [0.1, 0.15) is 11.6 Å². The van der Waals surface area contributed by atoms with Crippen LogP contribution in [0.5, 0.6) is 0 Å². The van der Waals surface area contributed by atoms with Gasteiger partial charge in [-0.2, -0.15) is 0 Å². The van der Waals surface area contributed by atoms with Gasteiger partial charge in [0.05, 0.1) is 6.61 Å². The first-order valence-electron chi connectivity index (χ1n) is 4.83. The van der Waals surface area contributed by atoms with E-state index in [0.717, 1.165) is 0 Å². The Morgan fingerprint density at radius 1 is 1.44 bits per heavy atom. The molecule has 6 N–H and O–H groups in total. The van der Waals surface area contributed by atoms with Crippen LogP contribution < -0.4 is 11.5 Å². The van der Waals surface area contributed by atoms with Gasteiger partial charge in [-0.1, -0.05) is 0 Å². The standard InChI is InChI=1S/C9H18N2O5/c1-16-5-9(11,8(14)15)4-2-3-6(10)7(12)13/h6H,2-5,10-11H2,1H3,(H,12,13)(H,14,15)/t6-,9+/m1/s1. The summed E-state index contributed by atoms with van der Waals surface area (Å²) < 4.78 is 4.72. The maximum Gasteiger partial charge on any atom is 0.326 e. The van der Waals surface area contributed by atoms with E-state index < -0.39 is 23.5 Å². The van der Waals surface area contributed by atoms with E-state index in [1.165, 1.54) is 7.11 Å². The minimum atomic E-state index is -1.48. The van der Waals surface area contributed by atoms with Gasteiger partial charge in [0, 0.05) is 7.11 Å². The van der Waals surface area contributed by atoms with Gasteiger partial charge < -0.3 is 26.4 Å². The molecule has 0 aromatic heterocycles. The summed E-state index contributed by atoms with van der Waals surface area (Å²) in [5.41, 5.74) is 9.40. The van der Waals surface area contributed by atoms with Crippen LogP contribution in [0.25, 0.3) is 0 Å². The zero-order valence-electron chi connectivity index (χ0n) is 9.18. The molecule has 7 heteroatoms. The Bertz CT molecular complexity index is 258. The van der Waals surface area contributed by atoms with Crippen molar-refractivity contribution in [3.05, 3.63) is 0 Å². The maximum atomic E-state index is 10.9. The normalized spacial score (nSPS) is 16.4. The molecule has 0 aromatic carbocycles. The Balaban J connectivity index is 4.14. The van der Waals surface area contributed by atoms with Gasteiger partial charge in [0.25, 0.3) is 0 Å². The summed E-state index contributed by atoms with van der Waals surface area (Å²) in [6.07, 6.45) is 0.627. The van der Waals surface area contributed by atoms with E-state index in [1.54, 1.807) is 0 Å². The number of carboxylic acids is 2. The zero-order chi connectivity index (χ0) is 12.8. The number of carbonyl (C=O) groups is 2. The zero-order valence-corrected chi connectivity index (χ0v) is 9.18. The number of rotatable bonds is 8. The van der Waals surface area contributed by atoms with E-state index in [0.29, 0.717) is 6.42 Å². The van der Waals surface area contributed by atoms with Crippen molar-refractivity contribution in [3.8, 4) is 0 Å². The fourth-order valence-corrected chi connectivity index (χ4v) is 1.26. The first-order valence-corrected chi connectivity index (χ1v) is 4.83. The number of hydrogen-bond donors (Lipinski definition) is 4. The SMILES string of the molecule is COC[C@@](N)(CCC[C@@H](N)C(=O)O)C(=O)O. The molecule has 0 heterocycles. The van der Waals surface area contributed by atoms with Crippen LogP contribution in [0.2, 0.25) is 0 Å². The van der Waals surface area contributed by atoms with Crippen molar-refractivity contribution < 1.29 is 24.5 Å². The fourth-order valence-electron chi connectivity index (χ4n) is 1.26. The fraction of sp³-hybridized carbons (Fsp3) is 0.778. The molecule has 0 bridgehead atoms. The molecule has 0 aliphatic carbocycles. The lowest BCUT2D eigenvalue weighted by atomic mass is 9.93. The number of aliphatic carboxylic acids is 2. The van der Waals surface area contributed by atoms with Gasteiger partial charge in [-0.3, -0.25) is 9.59 Å². The monoisotopic (exact) mass is 234 g/mol. The second kappa shape index (κ2) is 6.41. The predicted octanol–water partition coefficient (Wildman–Crippen LogP) is -1.00. The molecule has 0 saturated heterocycles. The highest BCUT2D eigenvalue weighted by Gasteiger charge is 2.33. The molecule has 0 fully saturated rings. The van der Waals surface area contributed by atoms with Crippen molar-refractivity contribution in [2.75, 3.05) is 13.7 Å². The first-order chi connectivity index (χ1) is 7.33. The highest BCUT2D eigenvalue weighted by molar-refractivity contribution is 5.78. The number of nitrogens with two attached hydrogens (primary N) is 2. The van der Waals surface area contributed by atoms with Crippen LogP contribution in [-0.2, 0) is 14.3 Å². The van der Waals surface area contributed by atoms with Gasteiger partial charge in [0.2, 0.25) is 0 Å². The van der Waals surface area contributed by atoms with Crippen molar-refractivity contribution in [1.82, 2.24) is 0 Å². The molecule has 0 spiro atoms. The Hall–Kier alpha value is -1.18. The molecule has 0 amide bonds. The highest BCUT2D eigenvalue weighted by Crippen LogP contribution is 2.13. The number of carboxylic acid groups (broad SMARTS) is 2. The summed E-state index contributed by atoms with van der Waals surface area (Å²) in [6, 6.07) is -0.986. The van der Waals surface area contributed by atoms with Crippen LogP contribution in [-0.4, -0.2) is 47.4 Å². The van der Waals surface area contributed by atoms with Crippen LogP contribution in [0.3, 0.4) is 0 Å². The quantitative estimate of drug-likeness (QED) is 0.422. The maximum absolute atomic E-state index is 10.9. The molecule has 2 atom stereocenters. The molecule has 0 rings (SSSR count). The predicted molar refractivity (Wildman–Crippen MR) is 55.9 cm³/mol. The summed E-state index contributed by atoms with van der Waals surface area (Å²) in [4.78, 5) is 21.3. The molecule has 0 aliphatic heterocycles. The minimum absolute atomic E-state index is 0.120. The van der Waals surface area contributed by atoms with Crippen molar-refractivity contribution in [2.45, 2.75) is 30.8 Å². The van der Waals surface area contributed by atoms with Crippen LogP contribution >= 0.6 is 0 Å². The van der Waals surface area contributed by atoms with E-state index in [9.17, 15) is 9.59 Å². The molecule has 0 radical (unpaired) electrons. The summed E-state index contributed by atoms with van der Waals surface area (Å²) in [5.74, 6) is -2.28. The third-order valence-electron chi connectivity index (χ3n) is 2.28. The van der Waals surface area contributed by atoms with E-state index in [-0.39, 0.29) is 19.4 Å². The Morgan fingerprint density at radius 2 is 2.00 bits per heavy atom. The Labute approximate surface area is 93.4 Å². The van der Waals surface area contributed by atoms with Crippen molar-refractivity contribution >= 4 is 11.9 Å². The third-order valence-corrected chi connectivity index (χ3v) is 2.28. The van der Waals surface area contributed by atoms with Gasteiger partial charge in [-0.15, -0.1) is 0 Å². The van der Waals surface area contributed by atoms with E-state index in [4.69, 9.17) is 26.4 Å². The molecule has 0 aliphatic rings. The molecular weight excluding hydrogens is 216 g/mol. The number of hydrogen-bond acceptors (Lipinski definition) is 5. The molecular formula is C9H18N2O5. The summed E-state index contributed by atoms with van der Waals surface area (Å²) >= 11 is 0. The molecule has 0 aromatic rings.